The molecule has 2 atom stereocenters. The number of rotatable bonds is 6. The first-order chi connectivity index (χ1) is 21.1. The maximum Gasteiger partial charge on any atom is 0.416 e. The van der Waals surface area contributed by atoms with E-state index < -0.39 is 41.8 Å². The number of ether oxygens (including phenoxy) is 2. The summed E-state index contributed by atoms with van der Waals surface area (Å²) in [7, 11) is 1.28. The molecule has 0 unspecified atom stereocenters. The van der Waals surface area contributed by atoms with Crippen molar-refractivity contribution in [1.29, 1.82) is 0 Å². The van der Waals surface area contributed by atoms with Gasteiger partial charge in [0.2, 0.25) is 0 Å². The number of aryl methyl sites for hydroxylation is 1. The number of hydrogen-bond donors (Lipinski definition) is 0. The maximum atomic E-state index is 15.5. The van der Waals surface area contributed by atoms with Crippen LogP contribution in [0.25, 0.3) is 16.7 Å². The number of allylic oxidation sites excluding steroid dienone is 1. The third-order valence-corrected chi connectivity index (χ3v) is 8.98. The average Bonchev–Trinajstić information content (AvgIpc) is 3.24. The minimum atomic E-state index is -4.54. The lowest BCUT2D eigenvalue weighted by molar-refractivity contribution is -0.137. The van der Waals surface area contributed by atoms with Gasteiger partial charge in [0, 0.05) is 22.7 Å². The molecule has 1 saturated heterocycles. The summed E-state index contributed by atoms with van der Waals surface area (Å²) in [5, 5.41) is 0.305. The van der Waals surface area contributed by atoms with Crippen LogP contribution in [0.5, 0.6) is 0 Å². The smallest absolute Gasteiger partial charge is 0.416 e. The van der Waals surface area contributed by atoms with Gasteiger partial charge in [-0.2, -0.15) is 13.2 Å². The van der Waals surface area contributed by atoms with Crippen LogP contribution >= 0.6 is 11.6 Å². The normalized spacial score (nSPS) is 20.0. The molecular weight excluding hydrogens is 610 g/mol. The van der Waals surface area contributed by atoms with E-state index in [0.717, 1.165) is 29.7 Å². The number of amides is 1. The zero-order valence-corrected chi connectivity index (χ0v) is 26.4. The summed E-state index contributed by atoms with van der Waals surface area (Å²) in [6.07, 6.45) is -4.13. The lowest BCUT2D eigenvalue weighted by atomic mass is 9.72. The molecule has 238 valence electrons. The number of methoxy groups -OCH3 is 1. The highest BCUT2D eigenvalue weighted by Crippen LogP contribution is 2.45. The molecule has 5 rings (SSSR count). The van der Waals surface area contributed by atoms with Crippen LogP contribution in [0.3, 0.4) is 0 Å². The number of hydrogen-bond acceptors (Lipinski definition) is 4. The highest BCUT2D eigenvalue weighted by Gasteiger charge is 2.42. The van der Waals surface area contributed by atoms with Crippen molar-refractivity contribution in [3.63, 3.8) is 0 Å². The first kappa shape index (κ1) is 32.5. The molecule has 3 aromatic carbocycles. The average molecular weight is 644 g/mol. The molecule has 0 spiro atoms. The van der Waals surface area contributed by atoms with E-state index in [-0.39, 0.29) is 17.5 Å². The van der Waals surface area contributed by atoms with Gasteiger partial charge in [-0.3, -0.25) is 4.90 Å². The molecule has 1 heterocycles. The molecule has 0 bridgehead atoms. The predicted octanol–water partition coefficient (Wildman–Crippen LogP) is 9.81. The van der Waals surface area contributed by atoms with Gasteiger partial charge in [0.15, 0.2) is 0 Å². The molecule has 0 N–H and O–H groups in total. The number of carbonyl (C=O) groups excluding carboxylic acids is 2. The second kappa shape index (κ2) is 12.2. The van der Waals surface area contributed by atoms with Gasteiger partial charge in [-0.25, -0.2) is 14.0 Å². The van der Waals surface area contributed by atoms with E-state index in [2.05, 4.69) is 13.8 Å². The number of alkyl halides is 3. The van der Waals surface area contributed by atoms with Crippen molar-refractivity contribution in [2.24, 2.45) is 5.41 Å². The molecule has 0 radical (unpaired) electrons. The second-order valence-corrected chi connectivity index (χ2v) is 13.0. The fourth-order valence-corrected chi connectivity index (χ4v) is 6.60. The second-order valence-electron chi connectivity index (χ2n) is 12.6. The van der Waals surface area contributed by atoms with Crippen molar-refractivity contribution in [3.05, 3.63) is 98.8 Å². The van der Waals surface area contributed by atoms with Gasteiger partial charge in [-0.1, -0.05) is 49.2 Å². The molecule has 3 aromatic rings. The number of nitrogens with zero attached hydrogens (tertiary/aromatic N) is 1. The standard InChI is InChI=1S/C35H34ClF4NO4/c1-19-12-23(14-25(13-19)35(38,39)40)31-20(2)41(33(43)45-31)18-24-17-34(3,4)11-10-26(24)28-15-21(7-9-30(28)37)27-8-6-22(16-29(27)36)32(42)44-5/h6-9,12-16,20,31H,10-11,17-18H2,1-5H3/t20-,31-/m0/s1. The Morgan fingerprint density at radius 2 is 1.82 bits per heavy atom. The minimum Gasteiger partial charge on any atom is -0.465 e. The van der Waals surface area contributed by atoms with Crippen molar-refractivity contribution in [2.45, 2.75) is 65.3 Å². The Kier molecular flexibility index (Phi) is 8.79. The van der Waals surface area contributed by atoms with E-state index in [1.54, 1.807) is 44.2 Å². The number of cyclic esters (lactones) is 1. The molecule has 5 nitrogen and oxygen atoms in total. The summed E-state index contributed by atoms with van der Waals surface area (Å²) in [5.41, 5.74) is 3.34. The Hall–Kier alpha value is -3.85. The fraction of sp³-hybridized carbons (Fsp3) is 0.371. The predicted molar refractivity (Wildman–Crippen MR) is 164 cm³/mol. The van der Waals surface area contributed by atoms with Crippen molar-refractivity contribution < 1.29 is 36.6 Å². The van der Waals surface area contributed by atoms with Crippen LogP contribution in [0.15, 0.2) is 60.2 Å². The molecule has 45 heavy (non-hydrogen) atoms. The topological polar surface area (TPSA) is 55.8 Å². The third kappa shape index (κ3) is 6.73. The zero-order chi connectivity index (χ0) is 32.8. The zero-order valence-electron chi connectivity index (χ0n) is 25.6. The third-order valence-electron chi connectivity index (χ3n) is 8.67. The van der Waals surface area contributed by atoms with Gasteiger partial charge < -0.3 is 9.47 Å². The van der Waals surface area contributed by atoms with E-state index in [1.807, 2.05) is 0 Å². The number of halogens is 5. The highest BCUT2D eigenvalue weighted by molar-refractivity contribution is 6.33. The first-order valence-electron chi connectivity index (χ1n) is 14.6. The molecule has 1 fully saturated rings. The van der Waals surface area contributed by atoms with Gasteiger partial charge in [0.05, 0.1) is 24.3 Å². The number of esters is 1. The lowest BCUT2D eigenvalue weighted by Gasteiger charge is -2.35. The molecule has 10 heteroatoms. The fourth-order valence-electron chi connectivity index (χ4n) is 6.31. The minimum absolute atomic E-state index is 0.121. The lowest BCUT2D eigenvalue weighted by Crippen LogP contribution is -2.35. The summed E-state index contributed by atoms with van der Waals surface area (Å²) < 4.78 is 66.6. The maximum absolute atomic E-state index is 15.5. The van der Waals surface area contributed by atoms with Gasteiger partial charge >= 0.3 is 18.2 Å². The van der Waals surface area contributed by atoms with Crippen LogP contribution in [0, 0.1) is 18.2 Å². The van der Waals surface area contributed by atoms with Crippen molar-refractivity contribution in [2.75, 3.05) is 13.7 Å². The summed E-state index contributed by atoms with van der Waals surface area (Å²) in [5.74, 6) is -0.953. The largest absolute Gasteiger partial charge is 0.465 e. The van der Waals surface area contributed by atoms with Crippen LogP contribution in [0.2, 0.25) is 5.02 Å². The number of carbonyl (C=O) groups is 2. The van der Waals surface area contributed by atoms with Crippen LogP contribution in [0.1, 0.15) is 78.7 Å². The molecule has 2 aliphatic rings. The Balaban J connectivity index is 1.51. The summed E-state index contributed by atoms with van der Waals surface area (Å²) in [6, 6.07) is 12.6. The van der Waals surface area contributed by atoms with Gasteiger partial charge in [0.1, 0.15) is 11.9 Å². The van der Waals surface area contributed by atoms with E-state index in [9.17, 15) is 22.8 Å². The Morgan fingerprint density at radius 3 is 2.49 bits per heavy atom. The van der Waals surface area contributed by atoms with Gasteiger partial charge in [0.25, 0.3) is 0 Å². The quantitative estimate of drug-likeness (QED) is 0.198. The summed E-state index contributed by atoms with van der Waals surface area (Å²) >= 11 is 6.53. The summed E-state index contributed by atoms with van der Waals surface area (Å²) in [6.45, 7) is 7.69. The molecule has 0 aromatic heterocycles. The monoisotopic (exact) mass is 643 g/mol. The molecule has 1 aliphatic heterocycles. The molecule has 1 amide bonds. The van der Waals surface area contributed by atoms with Crippen LogP contribution in [0.4, 0.5) is 22.4 Å². The summed E-state index contributed by atoms with van der Waals surface area (Å²) in [4.78, 5) is 26.7. The van der Waals surface area contributed by atoms with E-state index >= 15 is 4.39 Å². The van der Waals surface area contributed by atoms with Crippen LogP contribution in [-0.4, -0.2) is 36.7 Å². The Labute approximate surface area is 264 Å². The number of benzene rings is 3. The molecular formula is C35H34ClF4NO4. The Bertz CT molecular complexity index is 1700. The van der Waals surface area contributed by atoms with Crippen molar-refractivity contribution in [1.82, 2.24) is 4.90 Å². The van der Waals surface area contributed by atoms with Crippen molar-refractivity contribution >= 4 is 29.2 Å². The first-order valence-corrected chi connectivity index (χ1v) is 15.0. The SMILES string of the molecule is COC(=O)c1ccc(-c2ccc(F)c(C3=C(CN4C(=O)O[C@H](c5cc(C)cc(C(F)(F)F)c5)[C@@H]4C)CC(C)(C)CC3)c2)c(Cl)c1. The Morgan fingerprint density at radius 1 is 1.09 bits per heavy atom. The van der Waals surface area contributed by atoms with Crippen LogP contribution in [-0.2, 0) is 15.7 Å². The van der Waals surface area contributed by atoms with Gasteiger partial charge in [-0.15, -0.1) is 0 Å². The highest BCUT2D eigenvalue weighted by atomic mass is 35.5. The van der Waals surface area contributed by atoms with E-state index in [0.29, 0.717) is 45.7 Å². The van der Waals surface area contributed by atoms with Crippen molar-refractivity contribution in [3.8, 4) is 11.1 Å². The van der Waals surface area contributed by atoms with Crippen LogP contribution < -0.4 is 0 Å². The van der Waals surface area contributed by atoms with Gasteiger partial charge in [-0.05, 0) is 97.2 Å². The van der Waals surface area contributed by atoms with E-state index in [4.69, 9.17) is 21.1 Å². The molecule has 1 aliphatic carbocycles. The molecule has 0 saturated carbocycles. The van der Waals surface area contributed by atoms with E-state index in [1.165, 1.54) is 24.1 Å².